The molecule has 4 nitrogen and oxygen atoms in total. The minimum Gasteiger partial charge on any atom is -0.504 e. The highest BCUT2D eigenvalue weighted by molar-refractivity contribution is 8.00. The molecular formula is C19H21NO3S2. The van der Waals surface area contributed by atoms with Crippen LogP contribution in [0.1, 0.15) is 42.5 Å². The van der Waals surface area contributed by atoms with Crippen LogP contribution in [0, 0.1) is 17.8 Å². The van der Waals surface area contributed by atoms with E-state index in [0.29, 0.717) is 23.5 Å². The van der Waals surface area contributed by atoms with Crippen molar-refractivity contribution in [3.63, 3.8) is 0 Å². The van der Waals surface area contributed by atoms with Gasteiger partial charge in [-0.3, -0.25) is 4.79 Å². The van der Waals surface area contributed by atoms with E-state index in [1.807, 2.05) is 30.8 Å². The maximum Gasteiger partial charge on any atom is 0.305 e. The van der Waals surface area contributed by atoms with Gasteiger partial charge in [0.1, 0.15) is 0 Å². The second-order valence-electron chi connectivity index (χ2n) is 7.34. The first-order valence-corrected chi connectivity index (χ1v) is 10.7. The summed E-state index contributed by atoms with van der Waals surface area (Å²) in [4.78, 5) is 16.3. The van der Waals surface area contributed by atoms with E-state index in [-0.39, 0.29) is 16.5 Å². The van der Waals surface area contributed by atoms with Gasteiger partial charge < -0.3 is 14.8 Å². The number of ether oxygens (including phenoxy) is 1. The fourth-order valence-electron chi connectivity index (χ4n) is 5.22. The Bertz CT molecular complexity index is 874. The monoisotopic (exact) mass is 375 g/mol. The zero-order chi connectivity index (χ0) is 17.1. The zero-order valence-corrected chi connectivity index (χ0v) is 15.7. The second-order valence-corrected chi connectivity index (χ2v) is 9.54. The lowest BCUT2D eigenvalue weighted by atomic mass is 9.75. The lowest BCUT2D eigenvalue weighted by Gasteiger charge is -2.40. The molecule has 1 aromatic carbocycles. The van der Waals surface area contributed by atoms with Crippen LogP contribution in [0.15, 0.2) is 28.0 Å². The fourth-order valence-corrected chi connectivity index (χ4v) is 8.11. The molecule has 0 radical (unpaired) electrons. The van der Waals surface area contributed by atoms with Gasteiger partial charge in [-0.1, -0.05) is 17.4 Å². The number of aromatic nitrogens is 1. The molecule has 0 spiro atoms. The Morgan fingerprint density at radius 3 is 3.00 bits per heavy atom. The molecule has 3 aliphatic rings. The van der Waals surface area contributed by atoms with E-state index in [4.69, 9.17) is 4.74 Å². The first kappa shape index (κ1) is 15.8. The van der Waals surface area contributed by atoms with Crippen LogP contribution >= 0.6 is 23.1 Å². The molecule has 2 saturated carbocycles. The van der Waals surface area contributed by atoms with Crippen molar-refractivity contribution in [3.05, 3.63) is 38.3 Å². The van der Waals surface area contributed by atoms with Gasteiger partial charge in [-0.2, -0.15) is 0 Å². The molecule has 6 heteroatoms. The molecule has 1 aromatic heterocycles. The summed E-state index contributed by atoms with van der Waals surface area (Å²) < 4.78 is 5.61. The van der Waals surface area contributed by atoms with Crippen LogP contribution in [0.3, 0.4) is 0 Å². The van der Waals surface area contributed by atoms with Crippen LogP contribution in [0.25, 0.3) is 0 Å². The number of aromatic amines is 1. The molecule has 1 aliphatic heterocycles. The average Bonchev–Trinajstić information content (AvgIpc) is 3.28. The highest BCUT2D eigenvalue weighted by atomic mass is 32.2. The summed E-state index contributed by atoms with van der Waals surface area (Å²) in [5.74, 6) is 3.08. The van der Waals surface area contributed by atoms with Crippen LogP contribution in [0.5, 0.6) is 11.5 Å². The summed E-state index contributed by atoms with van der Waals surface area (Å²) >= 11 is 3.26. The third kappa shape index (κ3) is 2.37. The summed E-state index contributed by atoms with van der Waals surface area (Å²) in [5.41, 5.74) is 1.17. The van der Waals surface area contributed by atoms with Gasteiger partial charge in [0.15, 0.2) is 11.5 Å². The van der Waals surface area contributed by atoms with Gasteiger partial charge in [0.05, 0.1) is 11.6 Å². The minimum atomic E-state index is 0.0404. The van der Waals surface area contributed by atoms with Crippen molar-refractivity contribution in [2.75, 3.05) is 6.61 Å². The lowest BCUT2D eigenvalue weighted by molar-refractivity contribution is 0.302. The number of hydrogen-bond donors (Lipinski definition) is 2. The van der Waals surface area contributed by atoms with Gasteiger partial charge >= 0.3 is 4.87 Å². The Morgan fingerprint density at radius 2 is 2.16 bits per heavy atom. The number of benzene rings is 1. The highest BCUT2D eigenvalue weighted by Gasteiger charge is 2.54. The summed E-state index contributed by atoms with van der Waals surface area (Å²) in [6.45, 7) is 2.45. The summed E-state index contributed by atoms with van der Waals surface area (Å²) in [5, 5.41) is 11.7. The SMILES string of the molecule is CCOc1cc([C@@H]2c3sc(=O)[nH]c3S[C@@H]3[C@H]4CC[C@H](C4)[C@@H]23)ccc1O. The van der Waals surface area contributed by atoms with E-state index < -0.39 is 0 Å². The van der Waals surface area contributed by atoms with E-state index in [1.54, 1.807) is 6.07 Å². The van der Waals surface area contributed by atoms with Gasteiger partial charge in [0.2, 0.25) is 0 Å². The lowest BCUT2D eigenvalue weighted by Crippen LogP contribution is -2.33. The van der Waals surface area contributed by atoms with Crippen LogP contribution in [0.2, 0.25) is 0 Å². The summed E-state index contributed by atoms with van der Waals surface area (Å²) in [6, 6.07) is 5.73. The van der Waals surface area contributed by atoms with Gasteiger partial charge in [-0.25, -0.2) is 0 Å². The van der Waals surface area contributed by atoms with Crippen LogP contribution in [-0.4, -0.2) is 21.9 Å². The van der Waals surface area contributed by atoms with E-state index >= 15 is 0 Å². The third-order valence-corrected chi connectivity index (χ3v) is 8.73. The number of thioether (sulfide) groups is 1. The smallest absolute Gasteiger partial charge is 0.305 e. The van der Waals surface area contributed by atoms with Gasteiger partial charge in [0.25, 0.3) is 0 Å². The minimum absolute atomic E-state index is 0.0404. The molecule has 2 N–H and O–H groups in total. The van der Waals surface area contributed by atoms with Crippen molar-refractivity contribution in [3.8, 4) is 11.5 Å². The number of fused-ring (bicyclic) bond motifs is 6. The number of aromatic hydroxyl groups is 1. The molecule has 5 rings (SSSR count). The molecule has 0 amide bonds. The molecule has 5 atom stereocenters. The summed E-state index contributed by atoms with van der Waals surface area (Å²) in [7, 11) is 0. The average molecular weight is 376 g/mol. The Kier molecular flexibility index (Phi) is 3.68. The summed E-state index contributed by atoms with van der Waals surface area (Å²) in [6.07, 6.45) is 3.97. The first-order valence-electron chi connectivity index (χ1n) is 9.01. The van der Waals surface area contributed by atoms with Crippen molar-refractivity contribution < 1.29 is 9.84 Å². The quantitative estimate of drug-likeness (QED) is 0.844. The van der Waals surface area contributed by atoms with Crippen LogP contribution in [-0.2, 0) is 0 Å². The number of phenolic OH excluding ortho intramolecular Hbond substituents is 1. The van der Waals surface area contributed by atoms with Crippen molar-refractivity contribution in [2.45, 2.75) is 42.4 Å². The Balaban J connectivity index is 1.65. The number of rotatable bonds is 3. The first-order chi connectivity index (χ1) is 12.2. The van der Waals surface area contributed by atoms with Gasteiger partial charge in [0, 0.05) is 16.0 Å². The second kappa shape index (κ2) is 5.81. The van der Waals surface area contributed by atoms with Gasteiger partial charge in [-0.05, 0) is 61.6 Å². The normalized spacial score (nSPS) is 32.4. The molecule has 0 saturated heterocycles. The maximum absolute atomic E-state index is 12.0. The highest BCUT2D eigenvalue weighted by Crippen LogP contribution is 2.63. The fraction of sp³-hybridized carbons (Fsp3) is 0.526. The van der Waals surface area contributed by atoms with E-state index in [1.165, 1.54) is 41.0 Å². The molecular weight excluding hydrogens is 354 g/mol. The number of hydrogen-bond acceptors (Lipinski definition) is 5. The van der Waals surface area contributed by atoms with Crippen molar-refractivity contribution >= 4 is 23.1 Å². The Labute approximate surface area is 154 Å². The van der Waals surface area contributed by atoms with Crippen molar-refractivity contribution in [1.29, 1.82) is 0 Å². The molecule has 2 aromatic rings. The number of thiazole rings is 1. The van der Waals surface area contributed by atoms with E-state index in [9.17, 15) is 9.90 Å². The third-order valence-electron chi connectivity index (χ3n) is 6.11. The predicted molar refractivity (Wildman–Crippen MR) is 100 cm³/mol. The Morgan fingerprint density at radius 1 is 1.32 bits per heavy atom. The Hall–Kier alpha value is -1.40. The maximum atomic E-state index is 12.0. The van der Waals surface area contributed by atoms with Gasteiger partial charge in [-0.15, -0.1) is 11.8 Å². The number of nitrogens with one attached hydrogen (secondary N) is 1. The molecule has 0 unspecified atom stereocenters. The van der Waals surface area contributed by atoms with Crippen LogP contribution in [0.4, 0.5) is 0 Å². The standard InChI is InChI=1S/C19H21NO3S2/c1-2-23-13-8-10(5-6-12(13)21)15-14-9-3-4-11(7-9)16(14)24-18-17(15)25-19(22)20-18/h5-6,8-9,11,14-16,21H,2-4,7H2,1H3,(H,20,22)/t9-,11+,14+,15+,16-/m1/s1. The molecule has 2 aliphatic carbocycles. The topological polar surface area (TPSA) is 62.3 Å². The van der Waals surface area contributed by atoms with Crippen LogP contribution < -0.4 is 9.61 Å². The van der Waals surface area contributed by atoms with Crippen molar-refractivity contribution in [2.24, 2.45) is 17.8 Å². The molecule has 2 heterocycles. The largest absolute Gasteiger partial charge is 0.504 e. The number of H-pyrrole nitrogens is 1. The predicted octanol–water partition coefficient (Wildman–Crippen LogP) is 4.19. The molecule has 25 heavy (non-hydrogen) atoms. The molecule has 132 valence electrons. The molecule has 2 bridgehead atoms. The van der Waals surface area contributed by atoms with E-state index in [0.717, 1.165) is 16.9 Å². The zero-order valence-electron chi connectivity index (χ0n) is 14.0. The molecule has 2 fully saturated rings. The van der Waals surface area contributed by atoms with Crippen molar-refractivity contribution in [1.82, 2.24) is 4.98 Å². The van der Waals surface area contributed by atoms with E-state index in [2.05, 4.69) is 4.98 Å². The number of phenols is 1.